The second kappa shape index (κ2) is 13.1. The molecule has 3 aromatic rings. The Morgan fingerprint density at radius 3 is 2.49 bits per heavy atom. The number of aromatic nitrogens is 1. The number of hydrogen-bond acceptors (Lipinski definition) is 7. The lowest BCUT2D eigenvalue weighted by molar-refractivity contribution is -0.135. The van der Waals surface area contributed by atoms with Crippen LogP contribution in [0.4, 0.5) is 11.5 Å². The SMILES string of the molecule is O=C(Nc1c(O)cccc1C(=O)Nc1ccc(Cl)cn1)c1ccc(C2CCCN(CCN3CCNCC3)C2=O)cc1. The molecular formula is C30H33ClN6O4. The van der Waals surface area contributed by atoms with Crippen LogP contribution in [0.1, 0.15) is 45.0 Å². The number of carbonyl (C=O) groups is 3. The molecule has 0 spiro atoms. The second-order valence-electron chi connectivity index (χ2n) is 10.2. The van der Waals surface area contributed by atoms with Crippen LogP contribution in [-0.2, 0) is 4.79 Å². The number of nitrogens with zero attached hydrogens (tertiary/aromatic N) is 3. The van der Waals surface area contributed by atoms with Crippen LogP contribution in [0.5, 0.6) is 5.75 Å². The number of phenols is 1. The van der Waals surface area contributed by atoms with E-state index < -0.39 is 11.8 Å². The third-order valence-corrected chi connectivity index (χ3v) is 7.72. The summed E-state index contributed by atoms with van der Waals surface area (Å²) in [5, 5.41) is 19.5. The number of phenolic OH excluding ortho intramolecular Hbond substituents is 1. The molecule has 0 saturated carbocycles. The average Bonchev–Trinajstić information content (AvgIpc) is 2.99. The van der Waals surface area contributed by atoms with Gasteiger partial charge >= 0.3 is 0 Å². The number of carbonyl (C=O) groups excluding carboxylic acids is 3. The van der Waals surface area contributed by atoms with Gasteiger partial charge in [0.25, 0.3) is 11.8 Å². The van der Waals surface area contributed by atoms with Crippen molar-refractivity contribution in [2.75, 3.05) is 56.4 Å². The van der Waals surface area contributed by atoms with Crippen molar-refractivity contribution in [3.8, 4) is 5.75 Å². The summed E-state index contributed by atoms with van der Waals surface area (Å²) in [4.78, 5) is 47.7. The number of amides is 3. The van der Waals surface area contributed by atoms with Crippen molar-refractivity contribution < 1.29 is 19.5 Å². The highest BCUT2D eigenvalue weighted by Gasteiger charge is 2.30. The van der Waals surface area contributed by atoms with Gasteiger partial charge in [0.05, 0.1) is 22.2 Å². The fourth-order valence-electron chi connectivity index (χ4n) is 5.22. The molecule has 1 unspecified atom stereocenters. The molecule has 4 N–H and O–H groups in total. The molecule has 5 rings (SSSR count). The van der Waals surface area contributed by atoms with E-state index in [1.165, 1.54) is 24.4 Å². The van der Waals surface area contributed by atoms with Crippen LogP contribution in [0, 0.1) is 0 Å². The number of nitrogens with one attached hydrogen (secondary N) is 3. The van der Waals surface area contributed by atoms with E-state index in [4.69, 9.17) is 11.6 Å². The highest BCUT2D eigenvalue weighted by molar-refractivity contribution is 6.30. The first-order valence-corrected chi connectivity index (χ1v) is 14.1. The van der Waals surface area contributed by atoms with Gasteiger partial charge in [0.15, 0.2) is 0 Å². The van der Waals surface area contributed by atoms with Crippen LogP contribution in [0.15, 0.2) is 60.8 Å². The summed E-state index contributed by atoms with van der Waals surface area (Å²) in [5.74, 6) is -1.14. The number of anilines is 2. The molecule has 3 amide bonds. The minimum absolute atomic E-state index is 0.0179. The van der Waals surface area contributed by atoms with Gasteiger partial charge in [-0.05, 0) is 54.8 Å². The van der Waals surface area contributed by atoms with Crippen LogP contribution in [-0.4, -0.2) is 83.4 Å². The number of piperazine rings is 1. The summed E-state index contributed by atoms with van der Waals surface area (Å²) < 4.78 is 0. The minimum Gasteiger partial charge on any atom is -0.506 e. The first-order valence-electron chi connectivity index (χ1n) is 13.8. The lowest BCUT2D eigenvalue weighted by Crippen LogP contribution is -2.48. The maximum atomic E-state index is 13.3. The van der Waals surface area contributed by atoms with Crippen molar-refractivity contribution in [2.45, 2.75) is 18.8 Å². The molecule has 0 aliphatic carbocycles. The molecule has 0 radical (unpaired) electrons. The van der Waals surface area contributed by atoms with Crippen molar-refractivity contribution >= 4 is 40.8 Å². The fourth-order valence-corrected chi connectivity index (χ4v) is 5.33. The standard InChI is InChI=1S/C30H33ClN6O4/c31-22-10-11-26(33-19-22)34-29(40)24-3-1-5-25(38)27(24)35-28(39)21-8-6-20(7-9-21)23-4-2-14-37(30(23)41)18-17-36-15-12-32-13-16-36/h1,3,5-11,19,23,32,38H,2,4,12-18H2,(H,35,39)(H,33,34,40). The Bertz CT molecular complexity index is 1390. The lowest BCUT2D eigenvalue weighted by atomic mass is 9.89. The molecule has 2 saturated heterocycles. The predicted octanol–water partition coefficient (Wildman–Crippen LogP) is 3.56. The number of hydrogen-bond donors (Lipinski definition) is 4. The Morgan fingerprint density at radius 2 is 1.76 bits per heavy atom. The van der Waals surface area contributed by atoms with Crippen molar-refractivity contribution in [3.63, 3.8) is 0 Å². The molecule has 2 aromatic carbocycles. The van der Waals surface area contributed by atoms with Gasteiger partial charge in [-0.25, -0.2) is 4.98 Å². The number of rotatable bonds is 8. The average molecular weight is 577 g/mol. The number of aromatic hydroxyl groups is 1. The molecule has 2 fully saturated rings. The summed E-state index contributed by atoms with van der Waals surface area (Å²) in [5.41, 5.74) is 1.26. The van der Waals surface area contributed by atoms with Crippen LogP contribution in [0.25, 0.3) is 0 Å². The summed E-state index contributed by atoms with van der Waals surface area (Å²) in [6, 6.07) is 14.5. The van der Waals surface area contributed by atoms with Crippen LogP contribution < -0.4 is 16.0 Å². The molecule has 41 heavy (non-hydrogen) atoms. The zero-order valence-electron chi connectivity index (χ0n) is 22.6. The number of pyridine rings is 1. The first-order chi connectivity index (χ1) is 19.9. The van der Waals surface area contributed by atoms with Crippen molar-refractivity contribution in [1.29, 1.82) is 0 Å². The summed E-state index contributed by atoms with van der Waals surface area (Å²) in [6.07, 6.45) is 3.11. The van der Waals surface area contributed by atoms with Crippen molar-refractivity contribution in [2.24, 2.45) is 0 Å². The maximum Gasteiger partial charge on any atom is 0.259 e. The van der Waals surface area contributed by atoms with E-state index in [0.717, 1.165) is 64.2 Å². The number of benzene rings is 2. The minimum atomic E-state index is -0.557. The van der Waals surface area contributed by atoms with E-state index in [1.807, 2.05) is 17.0 Å². The summed E-state index contributed by atoms with van der Waals surface area (Å²) in [6.45, 7) is 6.34. The predicted molar refractivity (Wildman–Crippen MR) is 158 cm³/mol. The van der Waals surface area contributed by atoms with Crippen LogP contribution in [0.3, 0.4) is 0 Å². The maximum absolute atomic E-state index is 13.3. The van der Waals surface area contributed by atoms with E-state index in [-0.39, 0.29) is 34.6 Å². The molecule has 3 heterocycles. The Kier molecular flexibility index (Phi) is 9.13. The Hall–Kier alpha value is -3.99. The highest BCUT2D eigenvalue weighted by Crippen LogP contribution is 2.30. The normalized spacial score (nSPS) is 17.7. The smallest absolute Gasteiger partial charge is 0.259 e. The zero-order valence-corrected chi connectivity index (χ0v) is 23.4. The van der Waals surface area contributed by atoms with Gasteiger partial charge in [0.1, 0.15) is 11.6 Å². The van der Waals surface area contributed by atoms with E-state index in [1.54, 1.807) is 24.3 Å². The number of para-hydroxylation sites is 1. The fraction of sp³-hybridized carbons (Fsp3) is 0.333. The molecule has 2 aliphatic heterocycles. The van der Waals surface area contributed by atoms with Gasteiger partial charge in [-0.1, -0.05) is 29.8 Å². The molecule has 214 valence electrons. The van der Waals surface area contributed by atoms with Crippen molar-refractivity contribution in [3.05, 3.63) is 82.5 Å². The van der Waals surface area contributed by atoms with Gasteiger partial charge in [-0.2, -0.15) is 0 Å². The Balaban J connectivity index is 1.23. The van der Waals surface area contributed by atoms with E-state index in [2.05, 4.69) is 25.8 Å². The second-order valence-corrected chi connectivity index (χ2v) is 10.6. The van der Waals surface area contributed by atoms with Crippen molar-refractivity contribution in [1.82, 2.24) is 20.1 Å². The molecule has 10 nitrogen and oxygen atoms in total. The molecular weight excluding hydrogens is 544 g/mol. The van der Waals surface area contributed by atoms with Gasteiger partial charge in [-0.15, -0.1) is 0 Å². The topological polar surface area (TPSA) is 127 Å². The van der Waals surface area contributed by atoms with Gasteiger partial charge < -0.3 is 26.0 Å². The monoisotopic (exact) mass is 576 g/mol. The largest absolute Gasteiger partial charge is 0.506 e. The number of likely N-dealkylation sites (tertiary alicyclic amines) is 1. The molecule has 11 heteroatoms. The number of halogens is 1. The van der Waals surface area contributed by atoms with Crippen LogP contribution in [0.2, 0.25) is 5.02 Å². The quantitative estimate of drug-likeness (QED) is 0.302. The Morgan fingerprint density at radius 1 is 0.976 bits per heavy atom. The molecule has 1 aromatic heterocycles. The highest BCUT2D eigenvalue weighted by atomic mass is 35.5. The van der Waals surface area contributed by atoms with Gasteiger partial charge in [-0.3, -0.25) is 19.3 Å². The van der Waals surface area contributed by atoms with Crippen LogP contribution >= 0.6 is 11.6 Å². The first kappa shape index (κ1) is 28.5. The van der Waals surface area contributed by atoms with Gasteiger partial charge in [0.2, 0.25) is 5.91 Å². The van der Waals surface area contributed by atoms with E-state index >= 15 is 0 Å². The molecule has 1 atom stereocenters. The molecule has 0 bridgehead atoms. The Labute approximate surface area is 243 Å². The van der Waals surface area contributed by atoms with Gasteiger partial charge in [0, 0.05) is 57.6 Å². The van der Waals surface area contributed by atoms with E-state index in [0.29, 0.717) is 10.6 Å². The number of piperidine rings is 1. The third kappa shape index (κ3) is 7.02. The summed E-state index contributed by atoms with van der Waals surface area (Å²) >= 11 is 5.86. The lowest BCUT2D eigenvalue weighted by Gasteiger charge is -2.35. The molecule has 2 aliphatic rings. The summed E-state index contributed by atoms with van der Waals surface area (Å²) in [7, 11) is 0. The van der Waals surface area contributed by atoms with E-state index in [9.17, 15) is 19.5 Å². The third-order valence-electron chi connectivity index (χ3n) is 7.50. The zero-order chi connectivity index (χ0) is 28.8.